The van der Waals surface area contributed by atoms with Gasteiger partial charge in [0, 0.05) is 32.9 Å². The number of aromatic nitrogens is 1. The van der Waals surface area contributed by atoms with Crippen molar-refractivity contribution in [1.29, 1.82) is 0 Å². The van der Waals surface area contributed by atoms with Gasteiger partial charge in [0.1, 0.15) is 5.69 Å². The molecule has 0 aliphatic carbocycles. The van der Waals surface area contributed by atoms with Gasteiger partial charge < -0.3 is 20.1 Å². The molecule has 2 heterocycles. The second-order valence-corrected chi connectivity index (χ2v) is 5.58. The molecule has 0 unspecified atom stereocenters. The van der Waals surface area contributed by atoms with Gasteiger partial charge in [0.2, 0.25) is 0 Å². The van der Waals surface area contributed by atoms with E-state index in [1.165, 1.54) is 32.4 Å². The maximum Gasteiger partial charge on any atom is 0.270 e. The van der Waals surface area contributed by atoms with E-state index in [0.717, 1.165) is 25.2 Å². The lowest BCUT2D eigenvalue weighted by molar-refractivity contribution is 0.0768. The summed E-state index contributed by atoms with van der Waals surface area (Å²) in [5.74, 6) is 0.0735. The Balaban J connectivity index is 1.81. The number of nitrogens with zero attached hydrogens (tertiary/aromatic N) is 2. The summed E-state index contributed by atoms with van der Waals surface area (Å²) in [6, 6.07) is 1.93. The third kappa shape index (κ3) is 4.08. The quantitative estimate of drug-likeness (QED) is 0.824. The second-order valence-electron chi connectivity index (χ2n) is 5.58. The van der Waals surface area contributed by atoms with Gasteiger partial charge in [0.05, 0.1) is 0 Å². The van der Waals surface area contributed by atoms with E-state index in [1.807, 2.05) is 31.3 Å². The van der Waals surface area contributed by atoms with E-state index in [-0.39, 0.29) is 5.91 Å². The summed E-state index contributed by atoms with van der Waals surface area (Å²) in [4.78, 5) is 19.6. The van der Waals surface area contributed by atoms with Crippen LogP contribution in [0.1, 0.15) is 35.3 Å². The average Bonchev–Trinajstić information content (AvgIpc) is 2.94. The van der Waals surface area contributed by atoms with Crippen molar-refractivity contribution < 1.29 is 4.79 Å². The zero-order chi connectivity index (χ0) is 14.4. The zero-order valence-corrected chi connectivity index (χ0v) is 12.6. The van der Waals surface area contributed by atoms with E-state index in [1.54, 1.807) is 0 Å². The molecule has 1 aliphatic heterocycles. The summed E-state index contributed by atoms with van der Waals surface area (Å²) >= 11 is 0. The molecule has 5 nitrogen and oxygen atoms in total. The maximum atomic E-state index is 12.3. The number of carbonyl (C=O) groups is 1. The van der Waals surface area contributed by atoms with Crippen molar-refractivity contribution in [2.24, 2.45) is 0 Å². The van der Waals surface area contributed by atoms with Gasteiger partial charge in [-0.2, -0.15) is 0 Å². The molecule has 0 spiro atoms. The van der Waals surface area contributed by atoms with Crippen LogP contribution in [0.4, 0.5) is 0 Å². The van der Waals surface area contributed by atoms with E-state index in [0.29, 0.717) is 5.69 Å². The molecule has 0 saturated carbocycles. The smallest absolute Gasteiger partial charge is 0.270 e. The Labute approximate surface area is 121 Å². The molecule has 1 aliphatic rings. The highest BCUT2D eigenvalue weighted by Gasteiger charge is 2.16. The standard InChI is InChI=1S/C15H26N4O/c1-16-11-13-10-14(17-12-13)15(20)18(2)8-9-19-6-4-3-5-7-19/h10,12,16-17H,3-9,11H2,1-2H3. The second kappa shape index (κ2) is 7.45. The minimum atomic E-state index is 0.0735. The number of piperidine rings is 1. The topological polar surface area (TPSA) is 51.4 Å². The summed E-state index contributed by atoms with van der Waals surface area (Å²) in [5, 5.41) is 3.08. The Morgan fingerprint density at radius 1 is 1.40 bits per heavy atom. The van der Waals surface area contributed by atoms with Gasteiger partial charge in [-0.15, -0.1) is 0 Å². The Bertz CT molecular complexity index is 423. The first-order valence-corrected chi connectivity index (χ1v) is 7.50. The monoisotopic (exact) mass is 278 g/mol. The van der Waals surface area contributed by atoms with Crippen LogP contribution in [0.3, 0.4) is 0 Å². The highest BCUT2D eigenvalue weighted by molar-refractivity contribution is 5.92. The van der Waals surface area contributed by atoms with Crippen LogP contribution >= 0.6 is 0 Å². The van der Waals surface area contributed by atoms with Crippen LogP contribution in [0.2, 0.25) is 0 Å². The lowest BCUT2D eigenvalue weighted by atomic mass is 10.1. The Kier molecular flexibility index (Phi) is 5.61. The minimum absolute atomic E-state index is 0.0735. The minimum Gasteiger partial charge on any atom is -0.357 e. The number of likely N-dealkylation sites (N-methyl/N-ethyl adjacent to an activating group) is 1. The third-order valence-corrected chi connectivity index (χ3v) is 3.90. The molecule has 2 N–H and O–H groups in total. The summed E-state index contributed by atoms with van der Waals surface area (Å²) in [6.45, 7) is 4.90. The van der Waals surface area contributed by atoms with Gasteiger partial charge in [-0.1, -0.05) is 6.42 Å². The van der Waals surface area contributed by atoms with Gasteiger partial charge in [-0.25, -0.2) is 0 Å². The SMILES string of the molecule is CNCc1c[nH]c(C(=O)N(C)CCN2CCCCC2)c1. The summed E-state index contributed by atoms with van der Waals surface area (Å²) < 4.78 is 0. The molecule has 0 aromatic carbocycles. The van der Waals surface area contributed by atoms with Gasteiger partial charge in [-0.3, -0.25) is 4.79 Å². The fraction of sp³-hybridized carbons (Fsp3) is 0.667. The molecule has 0 bridgehead atoms. The van der Waals surface area contributed by atoms with Gasteiger partial charge in [0.25, 0.3) is 5.91 Å². The van der Waals surface area contributed by atoms with Crippen LogP contribution in [0.5, 0.6) is 0 Å². The molecular formula is C15H26N4O. The number of likely N-dealkylation sites (tertiary alicyclic amines) is 1. The van der Waals surface area contributed by atoms with Crippen LogP contribution in [0.15, 0.2) is 12.3 Å². The molecule has 1 amide bonds. The van der Waals surface area contributed by atoms with Crippen molar-refractivity contribution in [2.45, 2.75) is 25.8 Å². The van der Waals surface area contributed by atoms with E-state index in [9.17, 15) is 4.79 Å². The van der Waals surface area contributed by atoms with Crippen molar-refractivity contribution in [3.63, 3.8) is 0 Å². The van der Waals surface area contributed by atoms with E-state index < -0.39 is 0 Å². The molecule has 2 rings (SSSR count). The fourth-order valence-electron chi connectivity index (χ4n) is 2.65. The molecule has 112 valence electrons. The fourth-order valence-corrected chi connectivity index (χ4v) is 2.65. The first-order valence-electron chi connectivity index (χ1n) is 7.50. The number of carbonyl (C=O) groups excluding carboxylic acids is 1. The Morgan fingerprint density at radius 2 is 2.15 bits per heavy atom. The number of hydrogen-bond donors (Lipinski definition) is 2. The number of hydrogen-bond acceptors (Lipinski definition) is 3. The first kappa shape index (κ1) is 15.1. The Hall–Kier alpha value is -1.33. The maximum absolute atomic E-state index is 12.3. The van der Waals surface area contributed by atoms with Crippen molar-refractivity contribution in [1.82, 2.24) is 20.1 Å². The molecule has 1 fully saturated rings. The third-order valence-electron chi connectivity index (χ3n) is 3.90. The predicted molar refractivity (Wildman–Crippen MR) is 80.8 cm³/mol. The Morgan fingerprint density at radius 3 is 2.85 bits per heavy atom. The lowest BCUT2D eigenvalue weighted by Crippen LogP contribution is -2.38. The van der Waals surface area contributed by atoms with Gasteiger partial charge >= 0.3 is 0 Å². The van der Waals surface area contributed by atoms with Crippen LogP contribution in [-0.4, -0.2) is 61.0 Å². The highest BCUT2D eigenvalue weighted by atomic mass is 16.2. The van der Waals surface area contributed by atoms with E-state index >= 15 is 0 Å². The summed E-state index contributed by atoms with van der Waals surface area (Å²) in [5.41, 5.74) is 1.79. The van der Waals surface area contributed by atoms with Crippen molar-refractivity contribution >= 4 is 5.91 Å². The normalized spacial score (nSPS) is 16.3. The van der Waals surface area contributed by atoms with Crippen LogP contribution in [0, 0.1) is 0 Å². The first-order chi connectivity index (χ1) is 9.70. The van der Waals surface area contributed by atoms with E-state index in [4.69, 9.17) is 0 Å². The highest BCUT2D eigenvalue weighted by Crippen LogP contribution is 2.09. The van der Waals surface area contributed by atoms with Crippen LogP contribution in [-0.2, 0) is 6.54 Å². The summed E-state index contributed by atoms with van der Waals surface area (Å²) in [7, 11) is 3.78. The molecular weight excluding hydrogens is 252 g/mol. The largest absolute Gasteiger partial charge is 0.357 e. The van der Waals surface area contributed by atoms with Crippen LogP contribution in [0.25, 0.3) is 0 Å². The molecule has 1 aromatic rings. The average molecular weight is 278 g/mol. The zero-order valence-electron chi connectivity index (χ0n) is 12.6. The van der Waals surface area contributed by atoms with Crippen molar-refractivity contribution in [3.8, 4) is 0 Å². The molecule has 0 radical (unpaired) electrons. The molecule has 1 saturated heterocycles. The van der Waals surface area contributed by atoms with Crippen LogP contribution < -0.4 is 5.32 Å². The number of nitrogens with one attached hydrogen (secondary N) is 2. The van der Waals surface area contributed by atoms with Gasteiger partial charge in [-0.05, 0) is 44.6 Å². The van der Waals surface area contributed by atoms with Gasteiger partial charge in [0.15, 0.2) is 0 Å². The molecule has 20 heavy (non-hydrogen) atoms. The number of rotatable bonds is 6. The molecule has 1 aromatic heterocycles. The lowest BCUT2D eigenvalue weighted by Gasteiger charge is -2.28. The van der Waals surface area contributed by atoms with Crippen molar-refractivity contribution in [2.75, 3.05) is 40.3 Å². The number of H-pyrrole nitrogens is 1. The predicted octanol–water partition coefficient (Wildman–Crippen LogP) is 1.29. The van der Waals surface area contributed by atoms with Crippen molar-refractivity contribution in [3.05, 3.63) is 23.5 Å². The summed E-state index contributed by atoms with van der Waals surface area (Å²) in [6.07, 6.45) is 5.83. The van der Waals surface area contributed by atoms with E-state index in [2.05, 4.69) is 15.2 Å². The number of amides is 1. The molecule has 5 heteroatoms. The number of aromatic amines is 1. The molecule has 0 atom stereocenters.